The van der Waals surface area contributed by atoms with E-state index in [1.165, 1.54) is 6.26 Å². The van der Waals surface area contributed by atoms with Gasteiger partial charge in [0.1, 0.15) is 23.7 Å². The van der Waals surface area contributed by atoms with E-state index in [-0.39, 0.29) is 0 Å². The topological polar surface area (TPSA) is 82.5 Å². The molecule has 1 N–H and O–H groups in total. The molecular formula is C22H20ClN3O3. The monoisotopic (exact) mass is 409 g/mol. The fraction of sp³-hybridized carbons (Fsp3) is 0.273. The number of anilines is 1. The first-order valence-corrected chi connectivity index (χ1v) is 9.58. The highest BCUT2D eigenvalue weighted by Crippen LogP contribution is 2.45. The number of rotatable bonds is 4. The number of nitrogens with zero attached hydrogens (tertiary/aromatic N) is 3. The van der Waals surface area contributed by atoms with E-state index in [0.717, 1.165) is 11.3 Å². The minimum atomic E-state index is -0.880. The first kappa shape index (κ1) is 19.3. The van der Waals surface area contributed by atoms with Gasteiger partial charge in [-0.3, -0.25) is 0 Å². The quantitative estimate of drug-likeness (QED) is 0.684. The molecule has 0 amide bonds. The Morgan fingerprint density at radius 2 is 2.00 bits per heavy atom. The highest BCUT2D eigenvalue weighted by molar-refractivity contribution is 6.30. The maximum absolute atomic E-state index is 11.3. The van der Waals surface area contributed by atoms with Crippen molar-refractivity contribution in [2.45, 2.75) is 38.1 Å². The zero-order chi connectivity index (χ0) is 20.6. The van der Waals surface area contributed by atoms with Crippen molar-refractivity contribution in [1.82, 2.24) is 4.98 Å². The van der Waals surface area contributed by atoms with E-state index in [0.29, 0.717) is 28.8 Å². The van der Waals surface area contributed by atoms with Gasteiger partial charge in [0.2, 0.25) is 5.89 Å². The lowest BCUT2D eigenvalue weighted by Crippen LogP contribution is -2.53. The van der Waals surface area contributed by atoms with Crippen LogP contribution in [0.5, 0.6) is 5.75 Å². The predicted octanol–water partition coefficient (Wildman–Crippen LogP) is 4.48. The Morgan fingerprint density at radius 3 is 2.66 bits per heavy atom. The van der Waals surface area contributed by atoms with Gasteiger partial charge < -0.3 is 19.2 Å². The number of hydrogen-bond acceptors (Lipinski definition) is 6. The molecule has 0 spiro atoms. The van der Waals surface area contributed by atoms with Crippen molar-refractivity contribution >= 4 is 17.3 Å². The molecule has 2 heterocycles. The number of aliphatic hydroxyl groups excluding tert-OH is 1. The van der Waals surface area contributed by atoms with Gasteiger partial charge in [-0.15, -0.1) is 0 Å². The minimum Gasteiger partial charge on any atom is -0.485 e. The first-order valence-electron chi connectivity index (χ1n) is 9.21. The Morgan fingerprint density at radius 1 is 1.24 bits per heavy atom. The van der Waals surface area contributed by atoms with Crippen LogP contribution in [0.15, 0.2) is 59.3 Å². The molecule has 3 aromatic rings. The molecule has 2 atom stereocenters. The van der Waals surface area contributed by atoms with Crippen LogP contribution in [-0.4, -0.2) is 21.8 Å². The number of aliphatic hydroxyl groups is 1. The SMILES string of the molecule is CC1(C)Oc2ccc(C#N)cc2C(N(Cc2ncco2)c2ccc(Cl)cc2)[C@H]1O. The molecule has 6 nitrogen and oxygen atoms in total. The zero-order valence-corrected chi connectivity index (χ0v) is 16.8. The fourth-order valence-electron chi connectivity index (χ4n) is 3.63. The van der Waals surface area contributed by atoms with Crippen molar-refractivity contribution in [1.29, 1.82) is 5.26 Å². The molecule has 0 bridgehead atoms. The molecule has 2 aromatic carbocycles. The molecule has 1 aliphatic rings. The highest BCUT2D eigenvalue weighted by atomic mass is 35.5. The van der Waals surface area contributed by atoms with E-state index < -0.39 is 17.7 Å². The molecule has 0 fully saturated rings. The van der Waals surface area contributed by atoms with Crippen molar-refractivity contribution in [2.75, 3.05) is 4.90 Å². The van der Waals surface area contributed by atoms with Gasteiger partial charge in [0.05, 0.1) is 30.4 Å². The van der Waals surface area contributed by atoms with Crippen LogP contribution in [0.2, 0.25) is 5.02 Å². The molecule has 4 rings (SSSR count). The van der Waals surface area contributed by atoms with Crippen molar-refractivity contribution in [3.63, 3.8) is 0 Å². The van der Waals surface area contributed by atoms with Gasteiger partial charge in [-0.05, 0) is 56.3 Å². The van der Waals surface area contributed by atoms with Crippen molar-refractivity contribution < 1.29 is 14.3 Å². The Bertz CT molecular complexity index is 1040. The van der Waals surface area contributed by atoms with E-state index in [9.17, 15) is 10.4 Å². The molecule has 0 saturated carbocycles. The summed E-state index contributed by atoms with van der Waals surface area (Å²) in [5.74, 6) is 1.14. The Kier molecular flexibility index (Phi) is 4.95. The van der Waals surface area contributed by atoms with Gasteiger partial charge in [-0.25, -0.2) is 4.98 Å². The number of aromatic nitrogens is 1. The summed E-state index contributed by atoms with van der Waals surface area (Å²) in [4.78, 5) is 6.24. The summed E-state index contributed by atoms with van der Waals surface area (Å²) in [6, 6.07) is 14.3. The summed E-state index contributed by atoms with van der Waals surface area (Å²) >= 11 is 6.08. The molecule has 1 aliphatic heterocycles. The lowest BCUT2D eigenvalue weighted by molar-refractivity contribution is -0.0592. The molecule has 0 saturated heterocycles. The number of hydrogen-bond donors (Lipinski definition) is 1. The van der Waals surface area contributed by atoms with Gasteiger partial charge in [0, 0.05) is 16.3 Å². The average molecular weight is 410 g/mol. The summed E-state index contributed by atoms with van der Waals surface area (Å²) in [6.07, 6.45) is 2.22. The summed E-state index contributed by atoms with van der Waals surface area (Å²) < 4.78 is 11.5. The lowest BCUT2D eigenvalue weighted by Gasteiger charge is -2.46. The number of benzene rings is 2. The third kappa shape index (κ3) is 3.67. The van der Waals surface area contributed by atoms with Gasteiger partial charge in [0.15, 0.2) is 0 Å². The van der Waals surface area contributed by atoms with E-state index in [2.05, 4.69) is 11.1 Å². The smallest absolute Gasteiger partial charge is 0.213 e. The van der Waals surface area contributed by atoms with Crippen molar-refractivity contribution in [3.8, 4) is 11.8 Å². The second-order valence-corrected chi connectivity index (χ2v) is 7.93. The number of ether oxygens (including phenoxy) is 1. The molecule has 1 unspecified atom stereocenters. The Balaban J connectivity index is 1.88. The van der Waals surface area contributed by atoms with E-state index in [4.69, 9.17) is 20.8 Å². The maximum Gasteiger partial charge on any atom is 0.213 e. The average Bonchev–Trinajstić information content (AvgIpc) is 3.21. The molecule has 1 aromatic heterocycles. The van der Waals surface area contributed by atoms with Gasteiger partial charge in [-0.2, -0.15) is 5.26 Å². The summed E-state index contributed by atoms with van der Waals surface area (Å²) in [5, 5.41) is 21.3. The fourth-order valence-corrected chi connectivity index (χ4v) is 3.76. The van der Waals surface area contributed by atoms with Gasteiger partial charge in [-0.1, -0.05) is 11.6 Å². The van der Waals surface area contributed by atoms with Crippen LogP contribution in [0.25, 0.3) is 0 Å². The van der Waals surface area contributed by atoms with Crippen LogP contribution in [0.3, 0.4) is 0 Å². The summed E-state index contributed by atoms with van der Waals surface area (Å²) in [5.41, 5.74) is 1.23. The van der Waals surface area contributed by atoms with Gasteiger partial charge >= 0.3 is 0 Å². The predicted molar refractivity (Wildman–Crippen MR) is 109 cm³/mol. The number of nitriles is 1. The maximum atomic E-state index is 11.3. The van der Waals surface area contributed by atoms with Crippen molar-refractivity contribution in [2.24, 2.45) is 0 Å². The largest absolute Gasteiger partial charge is 0.485 e. The first-order chi connectivity index (χ1) is 13.9. The second kappa shape index (κ2) is 7.43. The molecule has 29 heavy (non-hydrogen) atoms. The molecule has 0 aliphatic carbocycles. The molecule has 148 valence electrons. The van der Waals surface area contributed by atoms with E-state index >= 15 is 0 Å². The Hall–Kier alpha value is -3.01. The van der Waals surface area contributed by atoms with Crippen LogP contribution in [0, 0.1) is 11.3 Å². The normalized spacial score (nSPS) is 19.7. The Labute approximate surface area is 173 Å². The molecular weight excluding hydrogens is 390 g/mol. The summed E-state index contributed by atoms with van der Waals surface area (Å²) in [7, 11) is 0. The standard InChI is InChI=1S/C22H20ClN3O3/c1-22(2)21(27)20(17-11-14(12-24)3-8-18(17)29-22)26(13-19-25-9-10-28-19)16-6-4-15(23)5-7-16/h3-11,20-21,27H,13H2,1-2H3/t20?,21-/m1/s1. The number of oxazole rings is 1. The lowest BCUT2D eigenvalue weighted by atomic mass is 9.84. The van der Waals surface area contributed by atoms with Crippen molar-refractivity contribution in [3.05, 3.63) is 77.0 Å². The van der Waals surface area contributed by atoms with Crippen LogP contribution in [0.1, 0.15) is 36.9 Å². The number of halogens is 1. The van der Waals surface area contributed by atoms with Crippen LogP contribution in [-0.2, 0) is 6.54 Å². The highest BCUT2D eigenvalue weighted by Gasteiger charge is 2.46. The second-order valence-electron chi connectivity index (χ2n) is 7.49. The zero-order valence-electron chi connectivity index (χ0n) is 16.0. The van der Waals surface area contributed by atoms with E-state index in [1.807, 2.05) is 30.9 Å². The summed E-state index contributed by atoms with van der Waals surface area (Å²) in [6.45, 7) is 4.01. The third-order valence-corrected chi connectivity index (χ3v) is 5.38. The third-order valence-electron chi connectivity index (χ3n) is 5.13. The molecule has 7 heteroatoms. The minimum absolute atomic E-state index is 0.322. The molecule has 0 radical (unpaired) electrons. The van der Waals surface area contributed by atoms with Crippen LogP contribution >= 0.6 is 11.6 Å². The van der Waals surface area contributed by atoms with E-state index in [1.54, 1.807) is 36.5 Å². The van der Waals surface area contributed by atoms with Crippen LogP contribution in [0.4, 0.5) is 5.69 Å². The van der Waals surface area contributed by atoms with Gasteiger partial charge in [0.25, 0.3) is 0 Å². The number of fused-ring (bicyclic) bond motifs is 1. The van der Waals surface area contributed by atoms with Crippen LogP contribution < -0.4 is 9.64 Å².